The molecule has 3 heteroatoms. The summed E-state index contributed by atoms with van der Waals surface area (Å²) in [6.45, 7) is 6.77. The Morgan fingerprint density at radius 2 is 2.20 bits per heavy atom. The van der Waals surface area contributed by atoms with Gasteiger partial charge < -0.3 is 10.8 Å². The maximum absolute atomic E-state index is 9.40. The van der Waals surface area contributed by atoms with E-state index in [-0.39, 0.29) is 0 Å². The molecule has 0 saturated heterocycles. The van der Waals surface area contributed by atoms with Crippen LogP contribution in [0, 0.1) is 0 Å². The first kappa shape index (κ1) is 12.0. The van der Waals surface area contributed by atoms with E-state index in [0.717, 1.165) is 18.7 Å². The van der Waals surface area contributed by atoms with E-state index in [1.807, 2.05) is 18.2 Å². The monoisotopic (exact) mass is 208 g/mol. The predicted octanol–water partition coefficient (Wildman–Crippen LogP) is 1.73. The molecule has 0 radical (unpaired) electrons. The second-order valence-corrected chi connectivity index (χ2v) is 3.69. The number of nitrogens with zero attached hydrogens (tertiary/aromatic N) is 1. The fourth-order valence-electron chi connectivity index (χ4n) is 1.79. The van der Waals surface area contributed by atoms with Crippen LogP contribution in [0.1, 0.15) is 25.5 Å². The normalized spacial score (nSPS) is 13.1. The molecule has 0 saturated carbocycles. The molecule has 0 aliphatic carbocycles. The van der Waals surface area contributed by atoms with Crippen LogP contribution in [0.3, 0.4) is 0 Å². The second kappa shape index (κ2) is 5.73. The predicted molar refractivity (Wildman–Crippen MR) is 62.8 cm³/mol. The smallest absolute Gasteiger partial charge is 0.115 e. The molecule has 3 nitrogen and oxygen atoms in total. The van der Waals surface area contributed by atoms with Crippen molar-refractivity contribution in [3.05, 3.63) is 29.8 Å². The lowest BCUT2D eigenvalue weighted by atomic mass is 10.1. The Kier molecular flexibility index (Phi) is 4.59. The van der Waals surface area contributed by atoms with Crippen molar-refractivity contribution in [3.8, 4) is 5.75 Å². The molecule has 1 atom stereocenters. The zero-order valence-electron chi connectivity index (χ0n) is 9.48. The summed E-state index contributed by atoms with van der Waals surface area (Å²) in [6.07, 6.45) is 0. The molecule has 0 aliphatic rings. The third kappa shape index (κ3) is 3.22. The summed E-state index contributed by atoms with van der Waals surface area (Å²) in [5.41, 5.74) is 6.69. The molecule has 1 rings (SSSR count). The van der Waals surface area contributed by atoms with E-state index in [1.165, 1.54) is 0 Å². The average molecular weight is 208 g/mol. The van der Waals surface area contributed by atoms with Gasteiger partial charge in [-0.15, -0.1) is 0 Å². The maximum atomic E-state index is 9.40. The first-order valence-electron chi connectivity index (χ1n) is 5.42. The van der Waals surface area contributed by atoms with Crippen LogP contribution in [0.15, 0.2) is 24.3 Å². The van der Waals surface area contributed by atoms with Crippen LogP contribution in [-0.4, -0.2) is 29.6 Å². The van der Waals surface area contributed by atoms with Gasteiger partial charge in [0.2, 0.25) is 0 Å². The summed E-state index contributed by atoms with van der Waals surface area (Å²) in [5.74, 6) is 0.322. The highest BCUT2D eigenvalue weighted by Gasteiger charge is 2.13. The highest BCUT2D eigenvalue weighted by Crippen LogP contribution is 2.22. The third-order valence-electron chi connectivity index (χ3n) is 2.72. The number of hydrogen-bond acceptors (Lipinski definition) is 3. The summed E-state index contributed by atoms with van der Waals surface area (Å²) >= 11 is 0. The summed E-state index contributed by atoms with van der Waals surface area (Å²) in [4.78, 5) is 2.29. The van der Waals surface area contributed by atoms with Crippen molar-refractivity contribution in [1.29, 1.82) is 0 Å². The fraction of sp³-hybridized carbons (Fsp3) is 0.500. The first-order chi connectivity index (χ1) is 7.19. The average Bonchev–Trinajstić information content (AvgIpc) is 2.25. The number of aromatic hydroxyl groups is 1. The molecule has 0 heterocycles. The lowest BCUT2D eigenvalue weighted by Crippen LogP contribution is -2.31. The van der Waals surface area contributed by atoms with Gasteiger partial charge in [0.25, 0.3) is 0 Å². The van der Waals surface area contributed by atoms with Crippen molar-refractivity contribution in [2.24, 2.45) is 5.73 Å². The van der Waals surface area contributed by atoms with E-state index in [4.69, 9.17) is 5.73 Å². The maximum Gasteiger partial charge on any atom is 0.115 e. The lowest BCUT2D eigenvalue weighted by Gasteiger charge is -2.27. The van der Waals surface area contributed by atoms with Crippen LogP contribution in [0.25, 0.3) is 0 Å². The Morgan fingerprint density at radius 1 is 1.47 bits per heavy atom. The van der Waals surface area contributed by atoms with Crippen LogP contribution in [0.2, 0.25) is 0 Å². The van der Waals surface area contributed by atoms with Gasteiger partial charge in [-0.3, -0.25) is 4.90 Å². The van der Waals surface area contributed by atoms with Crippen molar-refractivity contribution in [3.63, 3.8) is 0 Å². The van der Waals surface area contributed by atoms with Crippen molar-refractivity contribution in [1.82, 2.24) is 4.90 Å². The van der Waals surface area contributed by atoms with Gasteiger partial charge >= 0.3 is 0 Å². The summed E-state index contributed by atoms with van der Waals surface area (Å²) < 4.78 is 0. The molecule has 0 amide bonds. The number of rotatable bonds is 5. The van der Waals surface area contributed by atoms with Crippen LogP contribution < -0.4 is 5.73 Å². The number of phenols is 1. The van der Waals surface area contributed by atoms with E-state index in [9.17, 15) is 5.11 Å². The number of nitrogens with two attached hydrogens (primary N) is 1. The number of benzene rings is 1. The molecule has 0 unspecified atom stereocenters. The lowest BCUT2D eigenvalue weighted by molar-refractivity contribution is 0.228. The summed E-state index contributed by atoms with van der Waals surface area (Å²) in [6, 6.07) is 7.70. The molecule has 3 N–H and O–H groups in total. The number of hydrogen-bond donors (Lipinski definition) is 2. The van der Waals surface area contributed by atoms with Gasteiger partial charge in [-0.1, -0.05) is 19.1 Å². The molecule has 84 valence electrons. The Balaban J connectivity index is 2.77. The quantitative estimate of drug-likeness (QED) is 0.775. The molecule has 0 aliphatic heterocycles. The minimum Gasteiger partial charge on any atom is -0.508 e. The van der Waals surface area contributed by atoms with Crippen molar-refractivity contribution in [2.45, 2.75) is 19.9 Å². The standard InChI is InChI=1S/C12H20N2O/c1-3-14(8-7-13)10(2)11-5-4-6-12(15)9-11/h4-6,9-10,15H,3,7-8,13H2,1-2H3/t10-/m0/s1. The Bertz CT molecular complexity index is 301. The van der Waals surface area contributed by atoms with E-state index in [1.54, 1.807) is 6.07 Å². The van der Waals surface area contributed by atoms with Gasteiger partial charge in [-0.25, -0.2) is 0 Å². The summed E-state index contributed by atoms with van der Waals surface area (Å²) in [7, 11) is 0. The van der Waals surface area contributed by atoms with Gasteiger partial charge in [-0.2, -0.15) is 0 Å². The molecule has 0 bridgehead atoms. The minimum atomic E-state index is 0.297. The molecule has 1 aromatic rings. The number of likely N-dealkylation sites (N-methyl/N-ethyl adjacent to an activating group) is 1. The van der Waals surface area contributed by atoms with Gasteiger partial charge in [0.15, 0.2) is 0 Å². The zero-order chi connectivity index (χ0) is 11.3. The molecule has 0 fully saturated rings. The molecule has 1 aromatic carbocycles. The highest BCUT2D eigenvalue weighted by molar-refractivity contribution is 5.29. The molecule has 0 spiro atoms. The summed E-state index contributed by atoms with van der Waals surface area (Å²) in [5, 5.41) is 9.40. The van der Waals surface area contributed by atoms with Gasteiger partial charge in [-0.05, 0) is 31.2 Å². The van der Waals surface area contributed by atoms with Crippen molar-refractivity contribution < 1.29 is 5.11 Å². The topological polar surface area (TPSA) is 49.5 Å². The van der Waals surface area contributed by atoms with E-state index < -0.39 is 0 Å². The SMILES string of the molecule is CCN(CCN)[C@@H](C)c1cccc(O)c1. The van der Waals surface area contributed by atoms with E-state index >= 15 is 0 Å². The van der Waals surface area contributed by atoms with Crippen LogP contribution in [0.5, 0.6) is 5.75 Å². The van der Waals surface area contributed by atoms with E-state index in [0.29, 0.717) is 18.3 Å². The Labute approximate surface area is 91.5 Å². The Hall–Kier alpha value is -1.06. The molecule has 0 aromatic heterocycles. The van der Waals surface area contributed by atoms with Crippen LogP contribution in [-0.2, 0) is 0 Å². The molecule has 15 heavy (non-hydrogen) atoms. The van der Waals surface area contributed by atoms with Crippen molar-refractivity contribution in [2.75, 3.05) is 19.6 Å². The molecular weight excluding hydrogens is 188 g/mol. The van der Waals surface area contributed by atoms with Crippen molar-refractivity contribution >= 4 is 0 Å². The minimum absolute atomic E-state index is 0.297. The number of phenolic OH excluding ortho intramolecular Hbond substituents is 1. The fourth-order valence-corrected chi connectivity index (χ4v) is 1.79. The first-order valence-corrected chi connectivity index (χ1v) is 5.42. The highest BCUT2D eigenvalue weighted by atomic mass is 16.3. The second-order valence-electron chi connectivity index (χ2n) is 3.69. The van der Waals surface area contributed by atoms with Gasteiger partial charge in [0.05, 0.1) is 0 Å². The van der Waals surface area contributed by atoms with Crippen LogP contribution >= 0.6 is 0 Å². The zero-order valence-corrected chi connectivity index (χ0v) is 9.48. The van der Waals surface area contributed by atoms with E-state index in [2.05, 4.69) is 18.7 Å². The van der Waals surface area contributed by atoms with Crippen LogP contribution in [0.4, 0.5) is 0 Å². The van der Waals surface area contributed by atoms with Gasteiger partial charge in [0.1, 0.15) is 5.75 Å². The largest absolute Gasteiger partial charge is 0.508 e. The Morgan fingerprint density at radius 3 is 2.73 bits per heavy atom. The third-order valence-corrected chi connectivity index (χ3v) is 2.72. The molecular formula is C12H20N2O. The van der Waals surface area contributed by atoms with Gasteiger partial charge in [0, 0.05) is 19.1 Å².